The van der Waals surface area contributed by atoms with Crippen molar-refractivity contribution in [1.29, 1.82) is 0 Å². The number of ether oxygens (including phenoxy) is 2. The van der Waals surface area contributed by atoms with Crippen LogP contribution in [0.2, 0.25) is 15.1 Å². The van der Waals surface area contributed by atoms with Crippen LogP contribution in [0.1, 0.15) is 22.2 Å². The molecule has 0 aliphatic carbocycles. The third-order valence-corrected chi connectivity index (χ3v) is 6.93. The molecule has 4 rings (SSSR count). The molecule has 35 heavy (non-hydrogen) atoms. The van der Waals surface area contributed by atoms with Gasteiger partial charge in [-0.25, -0.2) is 10.2 Å². The molecule has 1 unspecified atom stereocenters. The lowest BCUT2D eigenvalue weighted by Crippen LogP contribution is -2.33. The molecular weight excluding hydrogens is 531 g/mol. The minimum absolute atomic E-state index is 0.295. The molecule has 1 amide bonds. The van der Waals surface area contributed by atoms with Crippen LogP contribution in [-0.2, 0) is 4.79 Å². The van der Waals surface area contributed by atoms with Gasteiger partial charge in [-0.1, -0.05) is 65.1 Å². The molecule has 1 N–H and O–H groups in total. The number of thiophene rings is 1. The number of hydrogen-bond donors (Lipinski definition) is 1. The summed E-state index contributed by atoms with van der Waals surface area (Å²) in [6.45, 7) is 1.56. The summed E-state index contributed by atoms with van der Waals surface area (Å²) < 4.78 is 12.0. The summed E-state index contributed by atoms with van der Waals surface area (Å²) in [7, 11) is 0. The number of benzene rings is 3. The van der Waals surface area contributed by atoms with E-state index >= 15 is 0 Å². The van der Waals surface area contributed by atoms with Gasteiger partial charge >= 0.3 is 5.97 Å². The SMILES string of the molecule is CC(Oc1ccc(Cl)cc1Cl)C(=O)NN=Cc1cccc(OC(=O)c2sc3ccccc3c2Cl)c1. The van der Waals surface area contributed by atoms with Gasteiger partial charge in [0.05, 0.1) is 16.3 Å². The Bertz CT molecular complexity index is 1440. The summed E-state index contributed by atoms with van der Waals surface area (Å²) >= 11 is 19.6. The van der Waals surface area contributed by atoms with Crippen LogP contribution in [0, 0.1) is 0 Å². The number of amides is 1. The second-order valence-corrected chi connectivity index (χ2v) is 9.55. The third kappa shape index (κ3) is 6.13. The highest BCUT2D eigenvalue weighted by Gasteiger charge is 2.19. The summed E-state index contributed by atoms with van der Waals surface area (Å²) in [5.74, 6) is -0.386. The smallest absolute Gasteiger partial charge is 0.355 e. The van der Waals surface area contributed by atoms with Gasteiger partial charge in [0, 0.05) is 15.1 Å². The van der Waals surface area contributed by atoms with Gasteiger partial charge in [-0.2, -0.15) is 5.10 Å². The molecule has 10 heteroatoms. The first kappa shape index (κ1) is 25.0. The highest BCUT2D eigenvalue weighted by molar-refractivity contribution is 7.21. The average Bonchev–Trinajstić information content (AvgIpc) is 3.18. The van der Waals surface area contributed by atoms with E-state index in [4.69, 9.17) is 44.3 Å². The van der Waals surface area contributed by atoms with E-state index in [1.165, 1.54) is 23.6 Å². The fourth-order valence-electron chi connectivity index (χ4n) is 3.03. The Morgan fingerprint density at radius 3 is 2.60 bits per heavy atom. The molecule has 1 aromatic heterocycles. The Balaban J connectivity index is 1.36. The maximum Gasteiger partial charge on any atom is 0.355 e. The summed E-state index contributed by atoms with van der Waals surface area (Å²) in [5.41, 5.74) is 3.01. The Labute approximate surface area is 220 Å². The van der Waals surface area contributed by atoms with Crippen LogP contribution < -0.4 is 14.9 Å². The molecule has 0 bridgehead atoms. The first-order chi connectivity index (χ1) is 16.8. The number of halogens is 3. The molecule has 0 spiro atoms. The van der Waals surface area contributed by atoms with Gasteiger partial charge in [0.1, 0.15) is 16.4 Å². The van der Waals surface area contributed by atoms with Crippen LogP contribution in [0.3, 0.4) is 0 Å². The molecule has 3 aromatic carbocycles. The fraction of sp³-hybridized carbons (Fsp3) is 0.0800. The number of hydrogen-bond acceptors (Lipinski definition) is 6. The van der Waals surface area contributed by atoms with Crippen LogP contribution in [0.4, 0.5) is 0 Å². The second kappa shape index (κ2) is 11.1. The molecule has 0 aliphatic rings. The molecule has 0 saturated carbocycles. The van der Waals surface area contributed by atoms with Gasteiger partial charge < -0.3 is 9.47 Å². The second-order valence-electron chi connectivity index (χ2n) is 7.27. The standard InChI is InChI=1S/C25H17Cl3N2O4S/c1-14(33-20-10-9-16(26)12-19(20)27)24(31)30-29-13-15-5-4-6-17(11-15)34-25(32)23-22(28)18-7-2-3-8-21(18)35-23/h2-14H,1H3,(H,30,31). The molecule has 0 aliphatic heterocycles. The molecule has 4 aromatic rings. The zero-order chi connectivity index (χ0) is 24.9. The molecule has 178 valence electrons. The highest BCUT2D eigenvalue weighted by Crippen LogP contribution is 2.35. The van der Waals surface area contributed by atoms with Gasteiger partial charge in [0.2, 0.25) is 0 Å². The number of carbonyl (C=O) groups excluding carboxylic acids is 2. The lowest BCUT2D eigenvalue weighted by Gasteiger charge is -2.14. The lowest BCUT2D eigenvalue weighted by molar-refractivity contribution is -0.127. The topological polar surface area (TPSA) is 77.0 Å². The van der Waals surface area contributed by atoms with Gasteiger partial charge in [-0.15, -0.1) is 11.3 Å². The monoisotopic (exact) mass is 546 g/mol. The number of rotatable bonds is 7. The van der Waals surface area contributed by atoms with Crippen molar-refractivity contribution in [3.63, 3.8) is 0 Å². The predicted octanol–water partition coefficient (Wildman–Crippen LogP) is 7.00. The molecule has 1 heterocycles. The number of carbonyl (C=O) groups is 2. The number of fused-ring (bicyclic) bond motifs is 1. The maximum absolute atomic E-state index is 12.7. The van der Waals surface area contributed by atoms with E-state index in [1.807, 2.05) is 24.3 Å². The van der Waals surface area contributed by atoms with Crippen LogP contribution in [0.25, 0.3) is 10.1 Å². The van der Waals surface area contributed by atoms with E-state index in [1.54, 1.807) is 43.3 Å². The minimum atomic E-state index is -0.857. The first-order valence-electron chi connectivity index (χ1n) is 10.3. The van der Waals surface area contributed by atoms with E-state index in [9.17, 15) is 9.59 Å². The Kier molecular flexibility index (Phi) is 7.93. The normalized spacial score (nSPS) is 12.0. The Morgan fingerprint density at radius 1 is 1.03 bits per heavy atom. The summed E-state index contributed by atoms with van der Waals surface area (Å²) in [6.07, 6.45) is 0.563. The lowest BCUT2D eigenvalue weighted by atomic mass is 10.2. The van der Waals surface area contributed by atoms with Crippen molar-refractivity contribution < 1.29 is 19.1 Å². The van der Waals surface area contributed by atoms with Gasteiger partial charge in [-0.3, -0.25) is 4.79 Å². The summed E-state index contributed by atoms with van der Waals surface area (Å²) in [5, 5.41) is 5.87. The summed E-state index contributed by atoms with van der Waals surface area (Å²) in [4.78, 5) is 25.3. The van der Waals surface area contributed by atoms with E-state index in [0.717, 1.165) is 10.1 Å². The third-order valence-electron chi connectivity index (χ3n) is 4.74. The highest BCUT2D eigenvalue weighted by atomic mass is 35.5. The fourth-order valence-corrected chi connectivity index (χ4v) is 4.87. The predicted molar refractivity (Wildman–Crippen MR) is 141 cm³/mol. The first-order valence-corrected chi connectivity index (χ1v) is 12.2. The number of esters is 1. The molecular formula is C25H17Cl3N2O4S. The van der Waals surface area contributed by atoms with Crippen molar-refractivity contribution >= 4 is 74.3 Å². The number of nitrogens with one attached hydrogen (secondary N) is 1. The zero-order valence-corrected chi connectivity index (χ0v) is 21.2. The van der Waals surface area contributed by atoms with Crippen molar-refractivity contribution in [3.8, 4) is 11.5 Å². The van der Waals surface area contributed by atoms with Gasteiger partial charge in [-0.05, 0) is 48.9 Å². The largest absolute Gasteiger partial charge is 0.479 e. The Morgan fingerprint density at radius 2 is 1.83 bits per heavy atom. The zero-order valence-electron chi connectivity index (χ0n) is 18.1. The molecule has 0 saturated heterocycles. The quantitative estimate of drug-likeness (QED) is 0.117. The van der Waals surface area contributed by atoms with Crippen LogP contribution >= 0.6 is 46.1 Å². The Hall–Kier alpha value is -3.10. The van der Waals surface area contributed by atoms with Crippen molar-refractivity contribution in [1.82, 2.24) is 5.43 Å². The maximum atomic E-state index is 12.7. The van der Waals surface area contributed by atoms with Crippen molar-refractivity contribution in [2.24, 2.45) is 5.10 Å². The molecule has 1 atom stereocenters. The van der Waals surface area contributed by atoms with E-state index in [-0.39, 0.29) is 0 Å². The van der Waals surface area contributed by atoms with Gasteiger partial charge in [0.15, 0.2) is 6.10 Å². The van der Waals surface area contributed by atoms with Crippen LogP contribution in [-0.4, -0.2) is 24.2 Å². The molecule has 0 radical (unpaired) electrons. The summed E-state index contributed by atoms with van der Waals surface area (Å²) in [6, 6.07) is 18.9. The molecule has 6 nitrogen and oxygen atoms in total. The van der Waals surface area contributed by atoms with E-state index in [0.29, 0.717) is 37.0 Å². The minimum Gasteiger partial charge on any atom is -0.479 e. The average molecular weight is 548 g/mol. The molecule has 0 fully saturated rings. The van der Waals surface area contributed by atoms with Crippen LogP contribution in [0.15, 0.2) is 71.8 Å². The number of hydrazone groups is 1. The van der Waals surface area contributed by atoms with Crippen LogP contribution in [0.5, 0.6) is 11.5 Å². The number of nitrogens with zero attached hydrogens (tertiary/aromatic N) is 1. The van der Waals surface area contributed by atoms with E-state index < -0.39 is 18.0 Å². The van der Waals surface area contributed by atoms with Crippen molar-refractivity contribution in [2.45, 2.75) is 13.0 Å². The van der Waals surface area contributed by atoms with Crippen molar-refractivity contribution in [3.05, 3.63) is 92.2 Å². The van der Waals surface area contributed by atoms with E-state index in [2.05, 4.69) is 10.5 Å². The van der Waals surface area contributed by atoms with Gasteiger partial charge in [0.25, 0.3) is 5.91 Å². The van der Waals surface area contributed by atoms with Crippen molar-refractivity contribution in [2.75, 3.05) is 0 Å².